The summed E-state index contributed by atoms with van der Waals surface area (Å²) in [5.74, 6) is -3.95. The summed E-state index contributed by atoms with van der Waals surface area (Å²) in [7, 11) is 0. The average Bonchev–Trinajstić information content (AvgIpc) is 2.02. The van der Waals surface area contributed by atoms with Crippen LogP contribution in [0.2, 0.25) is 0 Å². The molecule has 0 heterocycles. The van der Waals surface area contributed by atoms with E-state index < -0.39 is 23.8 Å². The average molecular weight is 249 g/mol. The van der Waals surface area contributed by atoms with E-state index in [1.54, 1.807) is 6.08 Å². The molecule has 0 radical (unpaired) electrons. The van der Waals surface area contributed by atoms with Gasteiger partial charge in [-0.25, -0.2) is 0 Å². The van der Waals surface area contributed by atoms with Crippen LogP contribution in [0.4, 0.5) is 0 Å². The van der Waals surface area contributed by atoms with Gasteiger partial charge >= 0.3 is 11.9 Å². The van der Waals surface area contributed by atoms with Gasteiger partial charge in [0.1, 0.15) is 0 Å². The van der Waals surface area contributed by atoms with Gasteiger partial charge in [-0.2, -0.15) is 0 Å². The summed E-state index contributed by atoms with van der Waals surface area (Å²) in [6, 6.07) is 0. The molecule has 3 atom stereocenters. The Labute approximate surface area is 83.4 Å². The van der Waals surface area contributed by atoms with Crippen LogP contribution < -0.4 is 0 Å². The van der Waals surface area contributed by atoms with Crippen molar-refractivity contribution in [1.29, 1.82) is 0 Å². The number of halogens is 1. The number of carboxylic acid groups (broad SMARTS) is 2. The summed E-state index contributed by atoms with van der Waals surface area (Å²) in [4.78, 5) is 21.1. The van der Waals surface area contributed by atoms with Gasteiger partial charge in [0.25, 0.3) is 0 Å². The summed E-state index contributed by atoms with van der Waals surface area (Å²) in [6.07, 6.45) is 3.69. The highest BCUT2D eigenvalue weighted by atomic mass is 79.9. The fourth-order valence-corrected chi connectivity index (χ4v) is 2.16. The summed E-state index contributed by atoms with van der Waals surface area (Å²) in [5, 5.41) is 17.5. The number of carbonyl (C=O) groups is 2. The molecule has 5 heteroatoms. The number of hydrogen-bond donors (Lipinski definition) is 2. The molecule has 72 valence electrons. The van der Waals surface area contributed by atoms with Crippen molar-refractivity contribution in [2.24, 2.45) is 11.8 Å². The molecule has 0 aromatic rings. The fourth-order valence-electron chi connectivity index (χ4n) is 1.39. The lowest BCUT2D eigenvalue weighted by Gasteiger charge is -2.25. The third-order valence-electron chi connectivity index (χ3n) is 2.05. The molecular formula is C8H9BrO4. The molecule has 0 fully saturated rings. The van der Waals surface area contributed by atoms with Crippen LogP contribution in [0.3, 0.4) is 0 Å². The van der Waals surface area contributed by atoms with Gasteiger partial charge in [-0.05, 0) is 6.42 Å². The monoisotopic (exact) mass is 248 g/mol. The predicted octanol–water partition coefficient (Wildman–Crippen LogP) is 1.11. The molecule has 0 spiro atoms. The summed E-state index contributed by atoms with van der Waals surface area (Å²) in [6.45, 7) is 0. The lowest BCUT2D eigenvalue weighted by Crippen LogP contribution is -2.36. The molecule has 2 N–H and O–H groups in total. The highest BCUT2D eigenvalue weighted by Crippen LogP contribution is 2.30. The maximum Gasteiger partial charge on any atom is 0.311 e. The maximum absolute atomic E-state index is 10.8. The van der Waals surface area contributed by atoms with Gasteiger partial charge in [0.05, 0.1) is 11.8 Å². The Morgan fingerprint density at radius 2 is 1.92 bits per heavy atom. The second-order valence-electron chi connectivity index (χ2n) is 2.91. The number of carboxylic acids is 2. The quantitative estimate of drug-likeness (QED) is 0.567. The van der Waals surface area contributed by atoms with Gasteiger partial charge in [-0.15, -0.1) is 0 Å². The van der Waals surface area contributed by atoms with Crippen molar-refractivity contribution in [3.05, 3.63) is 12.2 Å². The van der Waals surface area contributed by atoms with Crippen LogP contribution in [0.25, 0.3) is 0 Å². The largest absolute Gasteiger partial charge is 0.481 e. The highest BCUT2D eigenvalue weighted by molar-refractivity contribution is 9.09. The first-order valence-electron chi connectivity index (χ1n) is 3.80. The first-order valence-corrected chi connectivity index (χ1v) is 4.72. The topological polar surface area (TPSA) is 74.6 Å². The van der Waals surface area contributed by atoms with Crippen molar-refractivity contribution in [2.45, 2.75) is 11.2 Å². The first-order chi connectivity index (χ1) is 6.04. The Morgan fingerprint density at radius 3 is 2.31 bits per heavy atom. The van der Waals surface area contributed by atoms with Crippen LogP contribution in [0.5, 0.6) is 0 Å². The minimum Gasteiger partial charge on any atom is -0.481 e. The van der Waals surface area contributed by atoms with E-state index in [9.17, 15) is 9.59 Å². The molecule has 0 bridgehead atoms. The van der Waals surface area contributed by atoms with Crippen molar-refractivity contribution < 1.29 is 19.8 Å². The van der Waals surface area contributed by atoms with Gasteiger partial charge in [0, 0.05) is 4.83 Å². The van der Waals surface area contributed by atoms with E-state index in [-0.39, 0.29) is 4.83 Å². The Kier molecular flexibility index (Phi) is 3.08. The number of alkyl halides is 1. The molecule has 0 aliphatic heterocycles. The fraction of sp³-hybridized carbons (Fsp3) is 0.500. The standard InChI is InChI=1S/C8H9BrO4/c9-5-3-1-2-4(7(10)11)6(5)8(12)13/h1-2,4-6H,3H2,(H,10,11)(H,12,13). The Bertz CT molecular complexity index is 261. The van der Waals surface area contributed by atoms with Crippen molar-refractivity contribution in [1.82, 2.24) is 0 Å². The molecular weight excluding hydrogens is 240 g/mol. The van der Waals surface area contributed by atoms with Crippen molar-refractivity contribution in [3.63, 3.8) is 0 Å². The van der Waals surface area contributed by atoms with Crippen molar-refractivity contribution in [2.75, 3.05) is 0 Å². The predicted molar refractivity (Wildman–Crippen MR) is 48.7 cm³/mol. The minimum absolute atomic E-state index is 0.295. The van der Waals surface area contributed by atoms with Gasteiger partial charge in [-0.1, -0.05) is 28.1 Å². The third-order valence-corrected chi connectivity index (χ3v) is 2.99. The van der Waals surface area contributed by atoms with Crippen LogP contribution in [-0.4, -0.2) is 27.0 Å². The SMILES string of the molecule is O=C(O)C1C=CCC(Br)C1C(=O)O. The van der Waals surface area contributed by atoms with Gasteiger partial charge in [-0.3, -0.25) is 9.59 Å². The second-order valence-corrected chi connectivity index (χ2v) is 4.08. The van der Waals surface area contributed by atoms with E-state index in [4.69, 9.17) is 10.2 Å². The molecule has 1 rings (SSSR count). The van der Waals surface area contributed by atoms with E-state index in [2.05, 4.69) is 15.9 Å². The van der Waals surface area contributed by atoms with Crippen LogP contribution in [0, 0.1) is 11.8 Å². The Morgan fingerprint density at radius 1 is 1.31 bits per heavy atom. The zero-order chi connectivity index (χ0) is 10.0. The first kappa shape index (κ1) is 10.2. The normalized spacial score (nSPS) is 32.8. The minimum atomic E-state index is -1.09. The molecule has 0 amide bonds. The van der Waals surface area contributed by atoms with E-state index in [1.807, 2.05) is 0 Å². The van der Waals surface area contributed by atoms with E-state index >= 15 is 0 Å². The van der Waals surface area contributed by atoms with E-state index in [0.717, 1.165) is 0 Å². The van der Waals surface area contributed by atoms with Gasteiger partial charge in [0.2, 0.25) is 0 Å². The van der Waals surface area contributed by atoms with Gasteiger partial charge in [0.15, 0.2) is 0 Å². The molecule has 3 unspecified atom stereocenters. The highest BCUT2D eigenvalue weighted by Gasteiger charge is 2.38. The molecule has 1 aliphatic carbocycles. The smallest absolute Gasteiger partial charge is 0.311 e. The van der Waals surface area contributed by atoms with Crippen LogP contribution in [-0.2, 0) is 9.59 Å². The lowest BCUT2D eigenvalue weighted by molar-refractivity contribution is -0.151. The van der Waals surface area contributed by atoms with E-state index in [1.165, 1.54) is 6.08 Å². The summed E-state index contributed by atoms with van der Waals surface area (Å²) >= 11 is 3.17. The summed E-state index contributed by atoms with van der Waals surface area (Å²) in [5.41, 5.74) is 0. The number of rotatable bonds is 2. The van der Waals surface area contributed by atoms with Crippen molar-refractivity contribution in [3.8, 4) is 0 Å². The molecule has 1 aliphatic rings. The third kappa shape index (κ3) is 2.09. The van der Waals surface area contributed by atoms with Crippen molar-refractivity contribution >= 4 is 27.9 Å². The number of aliphatic carboxylic acids is 2. The molecule has 0 aromatic carbocycles. The Hall–Kier alpha value is -0.840. The maximum atomic E-state index is 10.8. The van der Waals surface area contributed by atoms with E-state index in [0.29, 0.717) is 6.42 Å². The zero-order valence-corrected chi connectivity index (χ0v) is 8.27. The molecule has 0 aromatic heterocycles. The zero-order valence-electron chi connectivity index (χ0n) is 6.68. The van der Waals surface area contributed by atoms with Crippen LogP contribution >= 0.6 is 15.9 Å². The van der Waals surface area contributed by atoms with Gasteiger partial charge < -0.3 is 10.2 Å². The lowest BCUT2D eigenvalue weighted by atomic mass is 9.84. The van der Waals surface area contributed by atoms with Crippen LogP contribution in [0.1, 0.15) is 6.42 Å². The number of hydrogen-bond acceptors (Lipinski definition) is 2. The van der Waals surface area contributed by atoms with Crippen LogP contribution in [0.15, 0.2) is 12.2 Å². The Balaban J connectivity index is 2.91. The molecule has 4 nitrogen and oxygen atoms in total. The second kappa shape index (κ2) is 3.91. The summed E-state index contributed by atoms with van der Waals surface area (Å²) < 4.78 is 0. The molecule has 0 saturated carbocycles. The number of allylic oxidation sites excluding steroid dienone is 1. The molecule has 13 heavy (non-hydrogen) atoms. The molecule has 0 saturated heterocycles.